The minimum atomic E-state index is -0.266. The summed E-state index contributed by atoms with van der Waals surface area (Å²) >= 11 is 0. The molecule has 1 unspecified atom stereocenters. The second-order valence-electron chi connectivity index (χ2n) is 7.72. The van der Waals surface area contributed by atoms with Crippen molar-refractivity contribution in [2.45, 2.75) is 25.5 Å². The molecule has 0 aliphatic carbocycles. The van der Waals surface area contributed by atoms with Gasteiger partial charge in [-0.3, -0.25) is 9.36 Å². The molecule has 0 radical (unpaired) electrons. The Hall–Kier alpha value is -3.63. The maximum atomic E-state index is 13.4. The molecule has 1 fully saturated rings. The molecule has 158 valence electrons. The molecule has 7 heteroatoms. The molecule has 1 saturated heterocycles. The van der Waals surface area contributed by atoms with Crippen LogP contribution < -0.4 is 20.9 Å². The van der Waals surface area contributed by atoms with E-state index < -0.39 is 0 Å². The minimum absolute atomic E-state index is 0.0203. The van der Waals surface area contributed by atoms with E-state index in [9.17, 15) is 10.1 Å². The molecule has 1 aliphatic heterocycles. The summed E-state index contributed by atoms with van der Waals surface area (Å²) in [5, 5.41) is 9.36. The number of anilines is 1. The van der Waals surface area contributed by atoms with Gasteiger partial charge in [0.25, 0.3) is 5.56 Å². The first-order valence-electron chi connectivity index (χ1n) is 10.4. The summed E-state index contributed by atoms with van der Waals surface area (Å²) in [7, 11) is 1.69. The van der Waals surface area contributed by atoms with E-state index in [-0.39, 0.29) is 24.0 Å². The summed E-state index contributed by atoms with van der Waals surface area (Å²) in [5.41, 5.74) is 8.04. The van der Waals surface area contributed by atoms with Crippen LogP contribution in [-0.2, 0) is 13.7 Å². The number of nitrogens with two attached hydrogens (primary N) is 1. The molecular weight excluding hydrogens is 390 g/mol. The fourth-order valence-corrected chi connectivity index (χ4v) is 3.86. The van der Waals surface area contributed by atoms with E-state index in [2.05, 4.69) is 6.07 Å². The molecule has 2 aromatic carbocycles. The van der Waals surface area contributed by atoms with Crippen molar-refractivity contribution in [1.82, 2.24) is 9.55 Å². The lowest BCUT2D eigenvalue weighted by molar-refractivity contribution is 0.297. The van der Waals surface area contributed by atoms with Crippen LogP contribution >= 0.6 is 0 Å². The van der Waals surface area contributed by atoms with Gasteiger partial charge in [-0.05, 0) is 18.9 Å². The molecule has 0 saturated carbocycles. The zero-order valence-electron chi connectivity index (χ0n) is 17.5. The lowest BCUT2D eigenvalue weighted by Gasteiger charge is -2.33. The lowest BCUT2D eigenvalue weighted by Crippen LogP contribution is -2.44. The molecule has 3 aromatic rings. The number of benzene rings is 2. The van der Waals surface area contributed by atoms with E-state index in [4.69, 9.17) is 15.5 Å². The van der Waals surface area contributed by atoms with E-state index in [0.29, 0.717) is 23.8 Å². The van der Waals surface area contributed by atoms with Gasteiger partial charge >= 0.3 is 0 Å². The van der Waals surface area contributed by atoms with E-state index in [0.717, 1.165) is 30.5 Å². The topological polar surface area (TPSA) is 97.2 Å². The Morgan fingerprint density at radius 2 is 1.94 bits per heavy atom. The Bertz CT molecular complexity index is 1170. The second kappa shape index (κ2) is 9.02. The van der Waals surface area contributed by atoms with Gasteiger partial charge in [-0.1, -0.05) is 48.5 Å². The first kappa shape index (κ1) is 20.6. The predicted molar refractivity (Wildman–Crippen MR) is 120 cm³/mol. The highest BCUT2D eigenvalue weighted by Crippen LogP contribution is 2.29. The third-order valence-electron chi connectivity index (χ3n) is 5.53. The number of aromatic nitrogens is 2. The van der Waals surface area contributed by atoms with Gasteiger partial charge in [0.2, 0.25) is 5.75 Å². The molecule has 7 nitrogen and oxygen atoms in total. The molecule has 2 heterocycles. The summed E-state index contributed by atoms with van der Waals surface area (Å²) in [4.78, 5) is 20.3. The van der Waals surface area contributed by atoms with Crippen molar-refractivity contribution in [3.8, 4) is 23.2 Å². The van der Waals surface area contributed by atoms with Gasteiger partial charge in [0.1, 0.15) is 12.4 Å². The fraction of sp³-hybridized carbons (Fsp3) is 0.292. The van der Waals surface area contributed by atoms with E-state index in [1.807, 2.05) is 47.4 Å². The SMILES string of the molecule is Cn1c(-c2ccccc2)nc(N2CCCC(N)C2)c(OCc2ccccc2C#N)c1=O. The lowest BCUT2D eigenvalue weighted by atomic mass is 10.1. The van der Waals surface area contributed by atoms with Gasteiger partial charge in [-0.25, -0.2) is 4.98 Å². The molecule has 1 aromatic heterocycles. The molecule has 2 N–H and O–H groups in total. The van der Waals surface area contributed by atoms with Crippen molar-refractivity contribution in [3.05, 3.63) is 76.1 Å². The Morgan fingerprint density at radius 1 is 1.19 bits per heavy atom. The first-order chi connectivity index (χ1) is 15.1. The smallest absolute Gasteiger partial charge is 0.298 e. The predicted octanol–water partition coefficient (Wildman–Crippen LogP) is 2.83. The molecule has 0 bridgehead atoms. The number of hydrogen-bond donors (Lipinski definition) is 1. The number of nitrogens with zero attached hydrogens (tertiary/aromatic N) is 4. The summed E-state index contributed by atoms with van der Waals surface area (Å²) in [6.07, 6.45) is 1.87. The molecule has 4 rings (SSSR count). The molecule has 0 spiro atoms. The third-order valence-corrected chi connectivity index (χ3v) is 5.53. The van der Waals surface area contributed by atoms with E-state index >= 15 is 0 Å². The minimum Gasteiger partial charge on any atom is -0.480 e. The van der Waals surface area contributed by atoms with Crippen LogP contribution in [0.1, 0.15) is 24.0 Å². The largest absolute Gasteiger partial charge is 0.480 e. The molecular formula is C24H25N5O2. The highest BCUT2D eigenvalue weighted by atomic mass is 16.5. The second-order valence-corrected chi connectivity index (χ2v) is 7.72. The van der Waals surface area contributed by atoms with Crippen molar-refractivity contribution >= 4 is 5.82 Å². The summed E-state index contributed by atoms with van der Waals surface area (Å²) in [5.74, 6) is 1.26. The first-order valence-corrected chi connectivity index (χ1v) is 10.4. The highest BCUT2D eigenvalue weighted by Gasteiger charge is 2.26. The van der Waals surface area contributed by atoms with Crippen LogP contribution in [0, 0.1) is 11.3 Å². The Morgan fingerprint density at radius 3 is 2.68 bits per heavy atom. The van der Waals surface area contributed by atoms with Gasteiger partial charge in [-0.15, -0.1) is 0 Å². The monoisotopic (exact) mass is 415 g/mol. The average Bonchev–Trinajstić information content (AvgIpc) is 2.80. The van der Waals surface area contributed by atoms with Gasteiger partial charge in [0, 0.05) is 37.3 Å². The Labute approximate surface area is 181 Å². The van der Waals surface area contributed by atoms with Gasteiger partial charge < -0.3 is 15.4 Å². The zero-order chi connectivity index (χ0) is 21.8. The molecule has 1 atom stereocenters. The zero-order valence-corrected chi connectivity index (χ0v) is 17.5. The Kier molecular flexibility index (Phi) is 6.01. The van der Waals surface area contributed by atoms with Crippen LogP contribution in [0.2, 0.25) is 0 Å². The highest BCUT2D eigenvalue weighted by molar-refractivity contribution is 5.62. The van der Waals surface area contributed by atoms with Crippen LogP contribution in [0.4, 0.5) is 5.82 Å². The number of rotatable bonds is 5. The average molecular weight is 415 g/mol. The fourth-order valence-electron chi connectivity index (χ4n) is 3.86. The van der Waals surface area contributed by atoms with Crippen molar-refractivity contribution in [2.75, 3.05) is 18.0 Å². The number of ether oxygens (including phenoxy) is 1. The van der Waals surface area contributed by atoms with Crippen molar-refractivity contribution in [1.29, 1.82) is 5.26 Å². The van der Waals surface area contributed by atoms with Crippen molar-refractivity contribution < 1.29 is 4.74 Å². The Balaban J connectivity index is 1.78. The van der Waals surface area contributed by atoms with E-state index in [1.54, 1.807) is 19.2 Å². The normalized spacial score (nSPS) is 16.0. The molecule has 31 heavy (non-hydrogen) atoms. The van der Waals surface area contributed by atoms with Crippen LogP contribution in [0.3, 0.4) is 0 Å². The van der Waals surface area contributed by atoms with Crippen LogP contribution in [0.5, 0.6) is 5.75 Å². The molecule has 0 amide bonds. The van der Waals surface area contributed by atoms with Gasteiger partial charge in [0.05, 0.1) is 11.6 Å². The van der Waals surface area contributed by atoms with Crippen molar-refractivity contribution in [3.63, 3.8) is 0 Å². The third kappa shape index (κ3) is 4.30. The number of hydrogen-bond acceptors (Lipinski definition) is 6. The quantitative estimate of drug-likeness (QED) is 0.688. The van der Waals surface area contributed by atoms with Crippen LogP contribution in [0.15, 0.2) is 59.4 Å². The number of nitriles is 1. The molecule has 1 aliphatic rings. The van der Waals surface area contributed by atoms with Gasteiger partial charge in [-0.2, -0.15) is 5.26 Å². The van der Waals surface area contributed by atoms with E-state index in [1.165, 1.54) is 4.57 Å². The number of piperidine rings is 1. The van der Waals surface area contributed by atoms with Crippen LogP contribution in [-0.4, -0.2) is 28.7 Å². The summed E-state index contributed by atoms with van der Waals surface area (Å²) in [6, 6.07) is 19.0. The van der Waals surface area contributed by atoms with Gasteiger partial charge in [0.15, 0.2) is 5.82 Å². The summed E-state index contributed by atoms with van der Waals surface area (Å²) in [6.45, 7) is 1.48. The summed E-state index contributed by atoms with van der Waals surface area (Å²) < 4.78 is 7.54. The maximum Gasteiger partial charge on any atom is 0.298 e. The van der Waals surface area contributed by atoms with Crippen LogP contribution in [0.25, 0.3) is 11.4 Å². The maximum absolute atomic E-state index is 13.4. The standard InChI is InChI=1S/C24H25N5O2/c1-28-22(17-8-3-2-4-9-17)27-23(29-13-7-12-20(26)15-29)21(24(28)30)31-16-19-11-6-5-10-18(19)14-25/h2-6,8-11,20H,7,12-13,15-16,26H2,1H3. The van der Waals surface area contributed by atoms with Crippen molar-refractivity contribution in [2.24, 2.45) is 12.8 Å².